The standard InChI is InChI=1S/C8H14N2O5S2/c1-6(11)9-3-4-15-17(13,14)8(16)5-10-7(2)12/h5,16H,3-4H2,1-2H3,(H,9,11)(H,10,12). The number of hydrogen-bond donors (Lipinski definition) is 3. The molecule has 0 saturated carbocycles. The van der Waals surface area contributed by atoms with Crippen molar-refractivity contribution in [2.24, 2.45) is 0 Å². The van der Waals surface area contributed by atoms with Crippen molar-refractivity contribution in [3.05, 3.63) is 10.4 Å². The van der Waals surface area contributed by atoms with Crippen LogP contribution >= 0.6 is 12.6 Å². The fourth-order valence-electron chi connectivity index (χ4n) is 0.674. The topological polar surface area (TPSA) is 102 Å². The van der Waals surface area contributed by atoms with E-state index >= 15 is 0 Å². The minimum absolute atomic E-state index is 0.0652. The summed E-state index contributed by atoms with van der Waals surface area (Å²) in [7, 11) is -3.99. The molecule has 0 atom stereocenters. The van der Waals surface area contributed by atoms with Crippen molar-refractivity contribution in [1.82, 2.24) is 10.6 Å². The third kappa shape index (κ3) is 7.77. The molecule has 2 N–H and O–H groups in total. The molecule has 7 nitrogen and oxygen atoms in total. The van der Waals surface area contributed by atoms with E-state index in [0.717, 1.165) is 6.20 Å². The van der Waals surface area contributed by atoms with Gasteiger partial charge in [-0.3, -0.25) is 13.8 Å². The van der Waals surface area contributed by atoms with Gasteiger partial charge in [-0.25, -0.2) is 0 Å². The lowest BCUT2D eigenvalue weighted by Gasteiger charge is -2.05. The third-order valence-corrected chi connectivity index (χ3v) is 3.28. The van der Waals surface area contributed by atoms with Gasteiger partial charge in [0.2, 0.25) is 11.8 Å². The Bertz CT molecular complexity index is 416. The fraction of sp³-hybridized carbons (Fsp3) is 0.500. The van der Waals surface area contributed by atoms with E-state index in [0.29, 0.717) is 0 Å². The Morgan fingerprint density at radius 1 is 1.29 bits per heavy atom. The van der Waals surface area contributed by atoms with Crippen LogP contribution in [0.15, 0.2) is 10.4 Å². The van der Waals surface area contributed by atoms with Gasteiger partial charge in [0.25, 0.3) is 0 Å². The molecule has 0 heterocycles. The van der Waals surface area contributed by atoms with E-state index in [1.165, 1.54) is 13.8 Å². The van der Waals surface area contributed by atoms with E-state index in [1.807, 2.05) is 0 Å². The second kappa shape index (κ2) is 7.30. The fourth-order valence-corrected chi connectivity index (χ4v) is 1.52. The first-order chi connectivity index (χ1) is 7.75. The maximum Gasteiger partial charge on any atom is 0.304 e. The van der Waals surface area contributed by atoms with Crippen LogP contribution in [0.3, 0.4) is 0 Å². The van der Waals surface area contributed by atoms with Crippen molar-refractivity contribution >= 4 is 34.6 Å². The Hall–Kier alpha value is -1.06. The minimum Gasteiger partial charge on any atom is -0.354 e. The summed E-state index contributed by atoms with van der Waals surface area (Å²) in [6.07, 6.45) is 0.916. The Kier molecular flexibility index (Phi) is 6.85. The summed E-state index contributed by atoms with van der Waals surface area (Å²) < 4.78 is 26.8. The van der Waals surface area contributed by atoms with Gasteiger partial charge < -0.3 is 10.6 Å². The molecule has 0 aromatic rings. The zero-order valence-electron chi connectivity index (χ0n) is 9.39. The first-order valence-corrected chi connectivity index (χ1v) is 6.41. The molecule has 0 bridgehead atoms. The Morgan fingerprint density at radius 3 is 2.35 bits per heavy atom. The molecule has 2 amide bonds. The first kappa shape index (κ1) is 15.9. The average Bonchev–Trinajstić information content (AvgIpc) is 2.20. The molecule has 0 unspecified atom stereocenters. The van der Waals surface area contributed by atoms with Gasteiger partial charge in [0.05, 0.1) is 6.61 Å². The van der Waals surface area contributed by atoms with Crippen molar-refractivity contribution in [2.45, 2.75) is 13.8 Å². The molecule has 0 aliphatic rings. The molecule has 9 heteroatoms. The monoisotopic (exact) mass is 282 g/mol. The summed E-state index contributed by atoms with van der Waals surface area (Å²) in [6.45, 7) is 2.38. The molecular weight excluding hydrogens is 268 g/mol. The van der Waals surface area contributed by atoms with Crippen molar-refractivity contribution < 1.29 is 22.2 Å². The summed E-state index contributed by atoms with van der Waals surface area (Å²) >= 11 is 3.67. The van der Waals surface area contributed by atoms with Crippen LogP contribution in [0.25, 0.3) is 0 Å². The van der Waals surface area contributed by atoms with E-state index in [9.17, 15) is 18.0 Å². The van der Waals surface area contributed by atoms with Crippen LogP contribution in [0.1, 0.15) is 13.8 Å². The zero-order chi connectivity index (χ0) is 13.5. The number of carbonyl (C=O) groups excluding carboxylic acids is 2. The quantitative estimate of drug-likeness (QED) is 0.341. The highest BCUT2D eigenvalue weighted by molar-refractivity contribution is 8.07. The smallest absolute Gasteiger partial charge is 0.304 e. The molecule has 98 valence electrons. The SMILES string of the molecule is CC(=O)NC=C(S)S(=O)(=O)OCCNC(C)=O. The highest BCUT2D eigenvalue weighted by Gasteiger charge is 2.15. The lowest BCUT2D eigenvalue weighted by atomic mass is 10.6. The van der Waals surface area contributed by atoms with Gasteiger partial charge in [-0.1, -0.05) is 0 Å². The van der Waals surface area contributed by atoms with E-state index in [4.69, 9.17) is 0 Å². The molecule has 0 rings (SSSR count). The Labute approximate surface area is 105 Å². The number of thiol groups is 1. The van der Waals surface area contributed by atoms with Crippen molar-refractivity contribution in [1.29, 1.82) is 0 Å². The van der Waals surface area contributed by atoms with Crippen LogP contribution < -0.4 is 10.6 Å². The minimum atomic E-state index is -3.99. The van der Waals surface area contributed by atoms with Gasteiger partial charge >= 0.3 is 10.1 Å². The lowest BCUT2D eigenvalue weighted by Crippen LogP contribution is -2.25. The zero-order valence-corrected chi connectivity index (χ0v) is 11.1. The molecule has 0 radical (unpaired) electrons. The number of nitrogens with one attached hydrogen (secondary N) is 2. The summed E-state index contributed by atoms with van der Waals surface area (Å²) in [5.41, 5.74) is 0. The summed E-state index contributed by atoms with van der Waals surface area (Å²) in [5, 5.41) is 4.52. The van der Waals surface area contributed by atoms with Crippen LogP contribution in [0.2, 0.25) is 0 Å². The van der Waals surface area contributed by atoms with Crippen molar-refractivity contribution in [2.75, 3.05) is 13.2 Å². The largest absolute Gasteiger partial charge is 0.354 e. The molecule has 0 aliphatic heterocycles. The normalized spacial score (nSPS) is 12.1. The van der Waals surface area contributed by atoms with E-state index in [-0.39, 0.29) is 19.1 Å². The lowest BCUT2D eigenvalue weighted by molar-refractivity contribution is -0.119. The highest BCUT2D eigenvalue weighted by Crippen LogP contribution is 2.11. The number of carbonyl (C=O) groups is 2. The number of rotatable bonds is 6. The van der Waals surface area contributed by atoms with Gasteiger partial charge in [-0.2, -0.15) is 8.42 Å². The predicted molar refractivity (Wildman–Crippen MR) is 64.4 cm³/mol. The van der Waals surface area contributed by atoms with Gasteiger partial charge in [0.15, 0.2) is 0 Å². The van der Waals surface area contributed by atoms with Crippen LogP contribution in [0, 0.1) is 0 Å². The molecule has 17 heavy (non-hydrogen) atoms. The highest BCUT2D eigenvalue weighted by atomic mass is 32.3. The van der Waals surface area contributed by atoms with Crippen LogP contribution in [-0.4, -0.2) is 33.4 Å². The van der Waals surface area contributed by atoms with E-state index < -0.39 is 20.3 Å². The number of hydrogen-bond acceptors (Lipinski definition) is 6. The molecule has 0 fully saturated rings. The Balaban J connectivity index is 4.23. The van der Waals surface area contributed by atoms with Gasteiger partial charge in [0, 0.05) is 26.6 Å². The maximum absolute atomic E-state index is 11.4. The van der Waals surface area contributed by atoms with Gasteiger partial charge in [0.1, 0.15) is 4.24 Å². The summed E-state index contributed by atoms with van der Waals surface area (Å²) in [5.74, 6) is -0.712. The van der Waals surface area contributed by atoms with E-state index in [2.05, 4.69) is 27.4 Å². The summed E-state index contributed by atoms with van der Waals surface area (Å²) in [4.78, 5) is 21.0. The first-order valence-electron chi connectivity index (χ1n) is 4.56. The third-order valence-electron chi connectivity index (χ3n) is 1.37. The Morgan fingerprint density at radius 2 is 1.88 bits per heavy atom. The average molecular weight is 282 g/mol. The predicted octanol–water partition coefficient (Wildman–Crippen LogP) is -0.666. The van der Waals surface area contributed by atoms with Crippen molar-refractivity contribution in [3.8, 4) is 0 Å². The second-order valence-corrected chi connectivity index (χ2v) is 5.31. The number of amides is 2. The van der Waals surface area contributed by atoms with Crippen LogP contribution in [-0.2, 0) is 23.9 Å². The van der Waals surface area contributed by atoms with Gasteiger partial charge in [-0.15, -0.1) is 12.6 Å². The molecular formula is C8H14N2O5S2. The second-order valence-electron chi connectivity index (χ2n) is 2.94. The van der Waals surface area contributed by atoms with Crippen LogP contribution in [0.5, 0.6) is 0 Å². The molecule has 0 spiro atoms. The van der Waals surface area contributed by atoms with E-state index in [1.54, 1.807) is 0 Å². The molecule has 0 saturated heterocycles. The van der Waals surface area contributed by atoms with Crippen LogP contribution in [0.4, 0.5) is 0 Å². The van der Waals surface area contributed by atoms with Gasteiger partial charge in [-0.05, 0) is 0 Å². The molecule has 0 aromatic carbocycles. The maximum atomic E-state index is 11.4. The molecule has 0 aliphatic carbocycles. The molecule has 0 aromatic heterocycles. The van der Waals surface area contributed by atoms with Crippen molar-refractivity contribution in [3.63, 3.8) is 0 Å². The summed E-state index contributed by atoms with van der Waals surface area (Å²) in [6, 6.07) is 0.